The van der Waals surface area contributed by atoms with Crippen molar-refractivity contribution in [2.45, 2.75) is 6.42 Å². The van der Waals surface area contributed by atoms with Gasteiger partial charge in [-0.1, -0.05) is 0 Å². The van der Waals surface area contributed by atoms with E-state index in [-0.39, 0.29) is 12.3 Å². The van der Waals surface area contributed by atoms with Crippen LogP contribution in [0.3, 0.4) is 0 Å². The zero-order chi connectivity index (χ0) is 15.1. The average molecular weight is 278 g/mol. The number of carbonyl (C=O) groups is 1. The third kappa shape index (κ3) is 3.32. The van der Waals surface area contributed by atoms with Crippen LogP contribution >= 0.6 is 0 Å². The van der Waals surface area contributed by atoms with Crippen molar-refractivity contribution in [3.05, 3.63) is 17.7 Å². The van der Waals surface area contributed by atoms with E-state index in [4.69, 9.17) is 19.5 Å². The molecule has 0 heterocycles. The van der Waals surface area contributed by atoms with Gasteiger partial charge in [-0.15, -0.1) is 0 Å². The number of rotatable bonds is 6. The predicted octanol–water partition coefficient (Wildman–Crippen LogP) is 1.70. The first-order valence-corrected chi connectivity index (χ1v) is 6.01. The number of ether oxygens (including phenoxy) is 3. The Hall–Kier alpha value is -2.42. The van der Waals surface area contributed by atoms with E-state index in [1.807, 2.05) is 6.07 Å². The number of hydrogen-bond acceptors (Lipinski definition) is 5. The molecule has 0 fully saturated rings. The predicted molar refractivity (Wildman–Crippen MR) is 73.3 cm³/mol. The Balaban J connectivity index is 3.13. The second-order valence-electron chi connectivity index (χ2n) is 4.05. The van der Waals surface area contributed by atoms with Crippen molar-refractivity contribution in [2.24, 2.45) is 0 Å². The Bertz CT molecular complexity index is 497. The topological polar surface area (TPSA) is 71.8 Å². The average Bonchev–Trinajstić information content (AvgIpc) is 2.49. The molecule has 1 amide bonds. The molecule has 0 radical (unpaired) electrons. The van der Waals surface area contributed by atoms with Gasteiger partial charge < -0.3 is 19.1 Å². The highest BCUT2D eigenvalue weighted by Gasteiger charge is 2.19. The molecule has 0 aliphatic carbocycles. The molecule has 1 rings (SSSR count). The van der Waals surface area contributed by atoms with Crippen LogP contribution in [0.1, 0.15) is 16.8 Å². The van der Waals surface area contributed by atoms with Gasteiger partial charge in [-0.25, -0.2) is 0 Å². The van der Waals surface area contributed by atoms with Crippen LogP contribution < -0.4 is 14.2 Å². The number of hydrogen-bond donors (Lipinski definition) is 0. The number of methoxy groups -OCH3 is 3. The summed E-state index contributed by atoms with van der Waals surface area (Å²) in [4.78, 5) is 13.7. The Morgan fingerprint density at radius 3 is 2.15 bits per heavy atom. The van der Waals surface area contributed by atoms with E-state index in [1.165, 1.54) is 26.2 Å². The summed E-state index contributed by atoms with van der Waals surface area (Å²) in [6.45, 7) is 0.367. The van der Waals surface area contributed by atoms with Gasteiger partial charge in [0.05, 0.1) is 33.8 Å². The van der Waals surface area contributed by atoms with E-state index < -0.39 is 0 Å². The number of amides is 1. The van der Waals surface area contributed by atoms with Crippen molar-refractivity contribution in [3.8, 4) is 23.3 Å². The van der Waals surface area contributed by atoms with Gasteiger partial charge in [0.15, 0.2) is 11.5 Å². The molecule has 0 aliphatic heterocycles. The van der Waals surface area contributed by atoms with Crippen LogP contribution in [0.15, 0.2) is 12.1 Å². The van der Waals surface area contributed by atoms with Gasteiger partial charge >= 0.3 is 0 Å². The number of benzene rings is 1. The van der Waals surface area contributed by atoms with Crippen molar-refractivity contribution in [2.75, 3.05) is 34.9 Å². The molecule has 6 nitrogen and oxygen atoms in total. The Labute approximate surface area is 118 Å². The van der Waals surface area contributed by atoms with Crippen molar-refractivity contribution in [3.63, 3.8) is 0 Å². The molecule has 0 unspecified atom stereocenters. The highest BCUT2D eigenvalue weighted by molar-refractivity contribution is 5.95. The largest absolute Gasteiger partial charge is 0.493 e. The molecule has 0 saturated carbocycles. The zero-order valence-corrected chi connectivity index (χ0v) is 12.1. The van der Waals surface area contributed by atoms with Crippen LogP contribution in [0.5, 0.6) is 17.2 Å². The fourth-order valence-corrected chi connectivity index (χ4v) is 1.74. The van der Waals surface area contributed by atoms with Gasteiger partial charge in [-0.2, -0.15) is 5.26 Å². The molecule has 0 atom stereocenters. The van der Waals surface area contributed by atoms with Gasteiger partial charge in [-0.05, 0) is 12.1 Å². The SMILES string of the molecule is COc1cc(C(=O)N(C)CCC#N)cc(OC)c1OC. The summed E-state index contributed by atoms with van der Waals surface area (Å²) >= 11 is 0. The maximum atomic E-state index is 12.3. The molecule has 0 aromatic heterocycles. The summed E-state index contributed by atoms with van der Waals surface area (Å²) in [5.41, 5.74) is 0.417. The lowest BCUT2D eigenvalue weighted by molar-refractivity contribution is 0.0797. The van der Waals surface area contributed by atoms with Crippen LogP contribution in [0.2, 0.25) is 0 Å². The molecule has 0 N–H and O–H groups in total. The summed E-state index contributed by atoms with van der Waals surface area (Å²) in [5, 5.41) is 8.56. The Morgan fingerprint density at radius 1 is 1.20 bits per heavy atom. The summed E-state index contributed by atoms with van der Waals surface area (Å²) < 4.78 is 15.6. The van der Waals surface area contributed by atoms with Crippen molar-refractivity contribution in [1.82, 2.24) is 4.90 Å². The summed E-state index contributed by atoms with van der Waals surface area (Å²) in [7, 11) is 6.12. The molecule has 0 bridgehead atoms. The molecule has 1 aromatic carbocycles. The lowest BCUT2D eigenvalue weighted by atomic mass is 10.1. The number of nitrogens with zero attached hydrogens (tertiary/aromatic N) is 2. The molecule has 0 saturated heterocycles. The van der Waals surface area contributed by atoms with Gasteiger partial charge in [0.25, 0.3) is 5.91 Å². The first-order chi connectivity index (χ1) is 9.58. The highest BCUT2D eigenvalue weighted by Crippen LogP contribution is 2.38. The van der Waals surface area contributed by atoms with Gasteiger partial charge in [-0.3, -0.25) is 4.79 Å². The maximum absolute atomic E-state index is 12.3. The minimum Gasteiger partial charge on any atom is -0.493 e. The third-order valence-corrected chi connectivity index (χ3v) is 2.82. The molecule has 20 heavy (non-hydrogen) atoms. The number of nitriles is 1. The first-order valence-electron chi connectivity index (χ1n) is 6.01. The molecule has 0 aliphatic rings. The molecule has 1 aromatic rings. The summed E-state index contributed by atoms with van der Waals surface area (Å²) in [5.74, 6) is 1.07. The quantitative estimate of drug-likeness (QED) is 0.792. The van der Waals surface area contributed by atoms with Gasteiger partial charge in [0.2, 0.25) is 5.75 Å². The second-order valence-corrected chi connectivity index (χ2v) is 4.05. The second kappa shape index (κ2) is 7.24. The van der Waals surface area contributed by atoms with Crippen molar-refractivity contribution < 1.29 is 19.0 Å². The van der Waals surface area contributed by atoms with E-state index >= 15 is 0 Å². The van der Waals surface area contributed by atoms with Crippen molar-refractivity contribution >= 4 is 5.91 Å². The minimum absolute atomic E-state index is 0.209. The normalized spacial score (nSPS) is 9.55. The highest BCUT2D eigenvalue weighted by atomic mass is 16.5. The maximum Gasteiger partial charge on any atom is 0.253 e. The summed E-state index contributed by atoms with van der Waals surface area (Å²) in [6, 6.07) is 5.18. The minimum atomic E-state index is -0.209. The van der Waals surface area contributed by atoms with E-state index in [1.54, 1.807) is 19.2 Å². The van der Waals surface area contributed by atoms with Crippen LogP contribution in [0.25, 0.3) is 0 Å². The van der Waals surface area contributed by atoms with E-state index in [9.17, 15) is 4.79 Å². The molecule has 108 valence electrons. The van der Waals surface area contributed by atoms with E-state index in [0.717, 1.165) is 0 Å². The molecule has 6 heteroatoms. The zero-order valence-electron chi connectivity index (χ0n) is 12.1. The number of carbonyl (C=O) groups excluding carboxylic acids is 1. The van der Waals surface area contributed by atoms with Crippen LogP contribution in [0, 0.1) is 11.3 Å². The van der Waals surface area contributed by atoms with Crippen LogP contribution in [0.4, 0.5) is 0 Å². The van der Waals surface area contributed by atoms with Crippen LogP contribution in [-0.4, -0.2) is 45.7 Å². The smallest absolute Gasteiger partial charge is 0.253 e. The fourth-order valence-electron chi connectivity index (χ4n) is 1.74. The molecule has 0 spiro atoms. The first kappa shape index (κ1) is 15.6. The lowest BCUT2D eigenvalue weighted by Crippen LogP contribution is -2.27. The standard InChI is InChI=1S/C14H18N2O4/c1-16(7-5-6-15)14(17)10-8-11(18-2)13(20-4)12(9-10)19-3/h8-9H,5,7H2,1-4H3. The fraction of sp³-hybridized carbons (Fsp3) is 0.429. The molecular weight excluding hydrogens is 260 g/mol. The van der Waals surface area contributed by atoms with E-state index in [0.29, 0.717) is 29.4 Å². The summed E-state index contributed by atoms with van der Waals surface area (Å²) in [6.07, 6.45) is 0.284. The Kier molecular flexibility index (Phi) is 5.66. The van der Waals surface area contributed by atoms with E-state index in [2.05, 4.69) is 0 Å². The van der Waals surface area contributed by atoms with Gasteiger partial charge in [0, 0.05) is 19.2 Å². The third-order valence-electron chi connectivity index (χ3n) is 2.82. The lowest BCUT2D eigenvalue weighted by Gasteiger charge is -2.18. The van der Waals surface area contributed by atoms with Crippen molar-refractivity contribution in [1.29, 1.82) is 5.26 Å². The Morgan fingerprint density at radius 2 is 1.75 bits per heavy atom. The van der Waals surface area contributed by atoms with Gasteiger partial charge in [0.1, 0.15) is 0 Å². The molecular formula is C14H18N2O4. The van der Waals surface area contributed by atoms with Crippen LogP contribution in [-0.2, 0) is 0 Å². The monoisotopic (exact) mass is 278 g/mol.